The van der Waals surface area contributed by atoms with Crippen molar-refractivity contribution in [2.75, 3.05) is 18.9 Å². The highest BCUT2D eigenvalue weighted by molar-refractivity contribution is 9.10. The highest BCUT2D eigenvalue weighted by atomic mass is 79.9. The molecule has 0 heterocycles. The van der Waals surface area contributed by atoms with Crippen LogP contribution in [0.4, 0.5) is 0 Å². The fourth-order valence-corrected chi connectivity index (χ4v) is 4.04. The average Bonchev–Trinajstić information content (AvgIpc) is 2.17. The van der Waals surface area contributed by atoms with E-state index in [1.807, 2.05) is 0 Å². The van der Waals surface area contributed by atoms with Crippen LogP contribution in [-0.2, 0) is 10.0 Å². The molecule has 1 aromatic carbocycles. The third kappa shape index (κ3) is 3.20. The van der Waals surface area contributed by atoms with Crippen molar-refractivity contribution < 1.29 is 8.42 Å². The zero-order valence-electron chi connectivity index (χ0n) is 8.45. The summed E-state index contributed by atoms with van der Waals surface area (Å²) < 4.78 is 26.1. The molecular formula is C9H10Br2ClNO2S. The summed E-state index contributed by atoms with van der Waals surface area (Å²) >= 11 is 12.3. The standard InChI is InChI=1S/C9H10Br2ClNO2S/c1-13(5-4-10)16(14,15)9-3-2-7(11)6-8(9)12/h2-3,6H,4-5H2,1H3. The summed E-state index contributed by atoms with van der Waals surface area (Å²) in [6.07, 6.45) is 0. The van der Waals surface area contributed by atoms with Crippen molar-refractivity contribution in [3.63, 3.8) is 0 Å². The summed E-state index contributed by atoms with van der Waals surface area (Å²) in [5.74, 6) is 0. The first-order valence-electron chi connectivity index (χ1n) is 4.37. The smallest absolute Gasteiger partial charge is 0.207 e. The van der Waals surface area contributed by atoms with Crippen LogP contribution >= 0.6 is 43.5 Å². The quantitative estimate of drug-likeness (QED) is 0.740. The number of sulfonamides is 1. The van der Waals surface area contributed by atoms with Gasteiger partial charge in [-0.2, -0.15) is 0 Å². The minimum absolute atomic E-state index is 0.126. The summed E-state index contributed by atoms with van der Waals surface area (Å²) in [5, 5.41) is 0.799. The number of nitrogens with zero attached hydrogens (tertiary/aromatic N) is 1. The topological polar surface area (TPSA) is 37.4 Å². The molecule has 0 saturated heterocycles. The first kappa shape index (κ1) is 14.4. The van der Waals surface area contributed by atoms with Crippen molar-refractivity contribution in [1.29, 1.82) is 0 Å². The lowest BCUT2D eigenvalue weighted by Crippen LogP contribution is -2.28. The van der Waals surface area contributed by atoms with Gasteiger partial charge in [-0.15, -0.1) is 0 Å². The Kier molecular flexibility index (Phi) is 5.25. The van der Waals surface area contributed by atoms with Crippen LogP contribution in [0.3, 0.4) is 0 Å². The van der Waals surface area contributed by atoms with Gasteiger partial charge in [0.1, 0.15) is 4.90 Å². The fraction of sp³-hybridized carbons (Fsp3) is 0.333. The Balaban J connectivity index is 3.17. The zero-order valence-corrected chi connectivity index (χ0v) is 13.2. The molecule has 0 aromatic heterocycles. The van der Waals surface area contributed by atoms with Gasteiger partial charge in [-0.05, 0) is 18.2 Å². The Morgan fingerprint density at radius 1 is 1.44 bits per heavy atom. The third-order valence-corrected chi connectivity index (χ3v) is 5.17. The third-order valence-electron chi connectivity index (χ3n) is 1.98. The molecule has 0 unspecified atom stereocenters. The monoisotopic (exact) mass is 389 g/mol. The van der Waals surface area contributed by atoms with Gasteiger partial charge in [0.2, 0.25) is 10.0 Å². The Labute approximate surface area is 117 Å². The van der Waals surface area contributed by atoms with Gasteiger partial charge in [-0.1, -0.05) is 43.5 Å². The number of benzene rings is 1. The maximum Gasteiger partial charge on any atom is 0.244 e. The van der Waals surface area contributed by atoms with Gasteiger partial charge in [-0.3, -0.25) is 0 Å². The van der Waals surface area contributed by atoms with Crippen molar-refractivity contribution in [2.45, 2.75) is 4.90 Å². The molecular weight excluding hydrogens is 381 g/mol. The molecule has 0 bridgehead atoms. The van der Waals surface area contributed by atoms with E-state index in [2.05, 4.69) is 31.9 Å². The molecule has 7 heteroatoms. The van der Waals surface area contributed by atoms with Gasteiger partial charge < -0.3 is 0 Å². The molecule has 3 nitrogen and oxygen atoms in total. The van der Waals surface area contributed by atoms with E-state index in [4.69, 9.17) is 11.6 Å². The highest BCUT2D eigenvalue weighted by Crippen LogP contribution is 2.27. The van der Waals surface area contributed by atoms with Gasteiger partial charge in [0.25, 0.3) is 0 Å². The van der Waals surface area contributed by atoms with Crippen LogP contribution < -0.4 is 0 Å². The average molecular weight is 392 g/mol. The Hall–Kier alpha value is 0.380. The van der Waals surface area contributed by atoms with Gasteiger partial charge in [0.05, 0.1) is 5.02 Å². The van der Waals surface area contributed by atoms with Crippen molar-refractivity contribution in [3.05, 3.63) is 27.7 Å². The normalized spacial score (nSPS) is 12.1. The molecule has 0 aliphatic carbocycles. The number of alkyl halides is 1. The predicted octanol–water partition coefficient (Wildman–Crippen LogP) is 3.12. The van der Waals surface area contributed by atoms with Crippen molar-refractivity contribution in [2.24, 2.45) is 0 Å². The number of halogens is 3. The highest BCUT2D eigenvalue weighted by Gasteiger charge is 2.22. The van der Waals surface area contributed by atoms with E-state index in [-0.39, 0.29) is 9.92 Å². The second-order valence-electron chi connectivity index (χ2n) is 3.09. The van der Waals surface area contributed by atoms with Crippen LogP contribution in [0.1, 0.15) is 0 Å². The minimum atomic E-state index is -3.50. The second kappa shape index (κ2) is 5.82. The lowest BCUT2D eigenvalue weighted by Gasteiger charge is -2.16. The second-order valence-corrected chi connectivity index (χ2v) is 7.22. The van der Waals surface area contributed by atoms with E-state index in [1.54, 1.807) is 12.1 Å². The SMILES string of the molecule is CN(CCBr)S(=O)(=O)c1ccc(Br)cc1Cl. The van der Waals surface area contributed by atoms with Crippen LogP contribution in [0.15, 0.2) is 27.6 Å². The first-order chi connectivity index (χ1) is 7.39. The van der Waals surface area contributed by atoms with Gasteiger partial charge in [-0.25, -0.2) is 12.7 Å². The van der Waals surface area contributed by atoms with Crippen LogP contribution in [-0.4, -0.2) is 31.6 Å². The van der Waals surface area contributed by atoms with Gasteiger partial charge in [0, 0.05) is 23.4 Å². The molecule has 0 aliphatic heterocycles. The predicted molar refractivity (Wildman–Crippen MR) is 72.8 cm³/mol. The molecule has 0 aliphatic rings. The Bertz CT molecular complexity index is 478. The summed E-state index contributed by atoms with van der Waals surface area (Å²) in [6, 6.07) is 4.71. The number of hydrogen-bond acceptors (Lipinski definition) is 2. The maximum absolute atomic E-state index is 12.1. The summed E-state index contributed by atoms with van der Waals surface area (Å²) in [5.41, 5.74) is 0. The van der Waals surface area contributed by atoms with Crippen molar-refractivity contribution >= 4 is 53.5 Å². The number of hydrogen-bond donors (Lipinski definition) is 0. The molecule has 0 spiro atoms. The van der Waals surface area contributed by atoms with E-state index < -0.39 is 10.0 Å². The van der Waals surface area contributed by atoms with E-state index in [1.165, 1.54) is 17.4 Å². The Morgan fingerprint density at radius 2 is 2.06 bits per heavy atom. The Morgan fingerprint density at radius 3 is 2.56 bits per heavy atom. The lowest BCUT2D eigenvalue weighted by molar-refractivity contribution is 0.489. The summed E-state index contributed by atoms with van der Waals surface area (Å²) in [7, 11) is -1.98. The molecule has 1 rings (SSSR count). The van der Waals surface area contributed by atoms with Crippen LogP contribution in [0, 0.1) is 0 Å². The molecule has 0 amide bonds. The lowest BCUT2D eigenvalue weighted by atomic mass is 10.4. The first-order valence-corrected chi connectivity index (χ1v) is 8.10. The molecule has 0 saturated carbocycles. The molecule has 90 valence electrons. The molecule has 0 N–H and O–H groups in total. The fourth-order valence-electron chi connectivity index (χ4n) is 1.09. The van der Waals surface area contributed by atoms with E-state index in [9.17, 15) is 8.42 Å². The largest absolute Gasteiger partial charge is 0.244 e. The molecule has 1 aromatic rings. The van der Waals surface area contributed by atoms with Gasteiger partial charge in [0.15, 0.2) is 0 Å². The summed E-state index contributed by atoms with van der Waals surface area (Å²) in [6.45, 7) is 0.398. The molecule has 0 radical (unpaired) electrons. The number of rotatable bonds is 4. The maximum atomic E-state index is 12.1. The zero-order chi connectivity index (χ0) is 12.3. The van der Waals surface area contributed by atoms with Crippen LogP contribution in [0.25, 0.3) is 0 Å². The van der Waals surface area contributed by atoms with Crippen LogP contribution in [0.5, 0.6) is 0 Å². The van der Waals surface area contributed by atoms with E-state index in [0.29, 0.717) is 11.9 Å². The van der Waals surface area contributed by atoms with E-state index in [0.717, 1.165) is 4.47 Å². The summed E-state index contributed by atoms with van der Waals surface area (Å²) in [4.78, 5) is 0.126. The van der Waals surface area contributed by atoms with Gasteiger partial charge >= 0.3 is 0 Å². The van der Waals surface area contributed by atoms with Crippen molar-refractivity contribution in [1.82, 2.24) is 4.31 Å². The van der Waals surface area contributed by atoms with Crippen molar-refractivity contribution in [3.8, 4) is 0 Å². The van der Waals surface area contributed by atoms with Crippen LogP contribution in [0.2, 0.25) is 5.02 Å². The minimum Gasteiger partial charge on any atom is -0.207 e. The van der Waals surface area contributed by atoms with E-state index >= 15 is 0 Å². The molecule has 16 heavy (non-hydrogen) atoms. The molecule has 0 fully saturated rings. The molecule has 0 atom stereocenters.